The van der Waals surface area contributed by atoms with Crippen molar-refractivity contribution in [2.75, 3.05) is 0 Å². The summed E-state index contributed by atoms with van der Waals surface area (Å²) in [6, 6.07) is 8.64. The number of ether oxygens (including phenoxy) is 1. The van der Waals surface area contributed by atoms with Crippen LogP contribution in [0.4, 0.5) is 8.78 Å². The second kappa shape index (κ2) is 11.4. The van der Waals surface area contributed by atoms with Crippen LogP contribution in [-0.2, 0) is 16.2 Å². The minimum absolute atomic E-state index is 0.0526. The topological polar surface area (TPSA) is 141 Å². The molecule has 1 aromatic heterocycles. The second-order valence-electron chi connectivity index (χ2n) is 7.79. The molecule has 36 heavy (non-hydrogen) atoms. The largest absolute Gasteiger partial charge is 0.486 e. The zero-order valence-electron chi connectivity index (χ0n) is 18.6. The van der Waals surface area contributed by atoms with Crippen molar-refractivity contribution in [3.8, 4) is 5.75 Å². The molecule has 2 heterocycles. The van der Waals surface area contributed by atoms with Gasteiger partial charge in [-0.25, -0.2) is 9.79 Å². The Kier molecular flexibility index (Phi) is 8.76. The normalized spacial score (nSPS) is 18.8. The standard InChI is InChI=1S/C21H19Cl2N3O3.C2H3F2O2P/c22-14-6-4-11(8-15(14)23)28-10-12-5-7-18(29-12)19-13(9-24)21(25)26-16-2-1-3-17(27)20(16)19;3-2(4,7)1(5)6/h4-9,19H,1-3,10,24H2,(H2,25,26);7H2,(H,5,6)/b13-9-;. The summed E-state index contributed by atoms with van der Waals surface area (Å²) in [6.07, 6.45) is 3.36. The molecule has 0 saturated heterocycles. The van der Waals surface area contributed by atoms with Crippen molar-refractivity contribution in [1.29, 1.82) is 0 Å². The van der Waals surface area contributed by atoms with Crippen molar-refractivity contribution in [2.45, 2.75) is 37.5 Å². The third-order valence-electron chi connectivity index (χ3n) is 5.28. The molecule has 2 aliphatic rings. The maximum atomic E-state index is 12.6. The number of Topliss-reactive ketones (excluding diaryl/α,β-unsaturated/α-hetero) is 1. The van der Waals surface area contributed by atoms with Gasteiger partial charge >= 0.3 is 11.6 Å². The summed E-state index contributed by atoms with van der Waals surface area (Å²) in [5.41, 5.74) is 10.2. The van der Waals surface area contributed by atoms with E-state index in [0.717, 1.165) is 21.4 Å². The number of rotatable bonds is 5. The van der Waals surface area contributed by atoms with Crippen molar-refractivity contribution in [3.05, 3.63) is 74.9 Å². The van der Waals surface area contributed by atoms with E-state index in [2.05, 4.69) is 4.99 Å². The Morgan fingerprint density at radius 3 is 2.58 bits per heavy atom. The number of carboxylic acids is 1. The Bertz CT molecular complexity index is 1270. The van der Waals surface area contributed by atoms with Gasteiger partial charge in [0, 0.05) is 29.8 Å². The Morgan fingerprint density at radius 2 is 1.97 bits per heavy atom. The first-order chi connectivity index (χ1) is 16.9. The van der Waals surface area contributed by atoms with Crippen LogP contribution in [0.15, 0.2) is 62.8 Å². The van der Waals surface area contributed by atoms with Gasteiger partial charge in [-0.05, 0) is 46.3 Å². The maximum Gasteiger partial charge on any atom is 0.378 e. The van der Waals surface area contributed by atoms with E-state index in [1.807, 2.05) is 6.07 Å². The summed E-state index contributed by atoms with van der Waals surface area (Å²) >= 11 is 11.9. The summed E-state index contributed by atoms with van der Waals surface area (Å²) in [6.45, 7) is 0.190. The second-order valence-corrected chi connectivity index (χ2v) is 9.33. The van der Waals surface area contributed by atoms with E-state index in [1.54, 1.807) is 24.3 Å². The van der Waals surface area contributed by atoms with E-state index in [4.69, 9.17) is 48.9 Å². The summed E-state index contributed by atoms with van der Waals surface area (Å²) in [4.78, 5) is 26.3. The molecular weight excluding hydrogens is 538 g/mol. The van der Waals surface area contributed by atoms with Crippen LogP contribution in [0, 0.1) is 0 Å². The van der Waals surface area contributed by atoms with Gasteiger partial charge in [0.15, 0.2) is 5.78 Å². The molecule has 0 saturated carbocycles. The van der Waals surface area contributed by atoms with Crippen LogP contribution in [-0.4, -0.2) is 28.4 Å². The van der Waals surface area contributed by atoms with Gasteiger partial charge < -0.3 is 25.7 Å². The van der Waals surface area contributed by atoms with E-state index < -0.39 is 17.6 Å². The number of carbonyl (C=O) groups excluding carboxylic acids is 1. The molecule has 5 N–H and O–H groups in total. The quantitative estimate of drug-likeness (QED) is 0.437. The average molecular weight is 560 g/mol. The highest BCUT2D eigenvalue weighted by atomic mass is 35.5. The van der Waals surface area contributed by atoms with E-state index in [0.29, 0.717) is 57.1 Å². The van der Waals surface area contributed by atoms with Gasteiger partial charge in [-0.1, -0.05) is 23.2 Å². The van der Waals surface area contributed by atoms with Crippen molar-refractivity contribution in [1.82, 2.24) is 0 Å². The molecule has 1 aromatic carbocycles. The van der Waals surface area contributed by atoms with Gasteiger partial charge in [-0.2, -0.15) is 8.78 Å². The number of benzene rings is 1. The smallest absolute Gasteiger partial charge is 0.378 e. The minimum Gasteiger partial charge on any atom is -0.486 e. The number of hydrogen-bond donors (Lipinski definition) is 3. The van der Waals surface area contributed by atoms with Gasteiger partial charge in [0.1, 0.15) is 29.7 Å². The molecule has 0 amide bonds. The highest BCUT2D eigenvalue weighted by Gasteiger charge is 2.37. The minimum atomic E-state index is -3.67. The van der Waals surface area contributed by atoms with Crippen LogP contribution in [0.2, 0.25) is 10.0 Å². The van der Waals surface area contributed by atoms with E-state index in [9.17, 15) is 18.4 Å². The average Bonchev–Trinajstić information content (AvgIpc) is 3.27. The number of furan rings is 1. The Hall–Kier alpha value is -2.94. The lowest BCUT2D eigenvalue weighted by atomic mass is 9.78. The molecule has 0 radical (unpaired) electrons. The fourth-order valence-electron chi connectivity index (χ4n) is 3.63. The Labute approximate surface area is 217 Å². The highest BCUT2D eigenvalue weighted by Crippen LogP contribution is 2.42. The van der Waals surface area contributed by atoms with Gasteiger partial charge in [0.25, 0.3) is 0 Å². The van der Waals surface area contributed by atoms with E-state index >= 15 is 0 Å². The molecule has 2 unspecified atom stereocenters. The number of allylic oxidation sites excluding steroid dienone is 2. The Balaban J connectivity index is 0.000000454. The first-order valence-electron chi connectivity index (χ1n) is 10.5. The maximum absolute atomic E-state index is 12.6. The first kappa shape index (κ1) is 27.6. The van der Waals surface area contributed by atoms with Crippen LogP contribution in [0.25, 0.3) is 0 Å². The lowest BCUT2D eigenvalue weighted by Crippen LogP contribution is -2.30. The predicted octanol–water partition coefficient (Wildman–Crippen LogP) is 5.01. The van der Waals surface area contributed by atoms with Crippen LogP contribution < -0.4 is 16.2 Å². The number of ketones is 1. The van der Waals surface area contributed by atoms with Gasteiger partial charge in [0.2, 0.25) is 0 Å². The third kappa shape index (κ3) is 6.43. The van der Waals surface area contributed by atoms with Crippen molar-refractivity contribution in [2.24, 2.45) is 16.5 Å². The van der Waals surface area contributed by atoms with Gasteiger partial charge in [-0.3, -0.25) is 4.79 Å². The monoisotopic (exact) mass is 559 g/mol. The van der Waals surface area contributed by atoms with Crippen LogP contribution in [0.1, 0.15) is 36.7 Å². The number of carboxylic acid groups (broad SMARTS) is 1. The first-order valence-corrected chi connectivity index (χ1v) is 11.8. The zero-order chi connectivity index (χ0) is 26.6. The SMILES string of the molecule is N/C=C1\C(N)=NC2=C(C(=O)CCC2)C1c1ccc(COc2ccc(Cl)c(Cl)c2)o1.O=C(O)C(F)(F)P. The van der Waals surface area contributed by atoms with Crippen LogP contribution >= 0.6 is 32.4 Å². The fourth-order valence-corrected chi connectivity index (χ4v) is 3.92. The van der Waals surface area contributed by atoms with Crippen molar-refractivity contribution < 1.29 is 32.6 Å². The molecule has 1 aliphatic heterocycles. The highest BCUT2D eigenvalue weighted by molar-refractivity contribution is 7.20. The number of aliphatic carboxylic acids is 1. The molecule has 0 bridgehead atoms. The summed E-state index contributed by atoms with van der Waals surface area (Å²) in [5.74, 6) is -0.477. The number of halogens is 4. The van der Waals surface area contributed by atoms with E-state index in [-0.39, 0.29) is 12.4 Å². The zero-order valence-corrected chi connectivity index (χ0v) is 21.3. The van der Waals surface area contributed by atoms with Gasteiger partial charge in [-0.15, -0.1) is 0 Å². The predicted molar refractivity (Wildman–Crippen MR) is 134 cm³/mol. The third-order valence-corrected chi connectivity index (χ3v) is 6.27. The number of hydrogen-bond acceptors (Lipinski definition) is 7. The molecule has 1 aliphatic carbocycles. The molecule has 8 nitrogen and oxygen atoms in total. The number of aliphatic imine (C=N–C) groups is 1. The summed E-state index contributed by atoms with van der Waals surface area (Å²) in [7, 11) is 0.898. The molecule has 2 atom stereocenters. The fraction of sp³-hybridized carbons (Fsp3) is 0.261. The molecule has 192 valence electrons. The molecule has 4 rings (SSSR count). The number of amidine groups is 1. The van der Waals surface area contributed by atoms with Crippen molar-refractivity contribution >= 4 is 50.0 Å². The molecule has 0 fully saturated rings. The molecule has 0 spiro atoms. The van der Waals surface area contributed by atoms with Gasteiger partial charge in [0.05, 0.1) is 21.7 Å². The van der Waals surface area contributed by atoms with Crippen LogP contribution in [0.5, 0.6) is 5.75 Å². The lowest BCUT2D eigenvalue weighted by Gasteiger charge is -2.29. The lowest BCUT2D eigenvalue weighted by molar-refractivity contribution is -0.153. The number of nitrogens with two attached hydrogens (primary N) is 2. The van der Waals surface area contributed by atoms with E-state index in [1.165, 1.54) is 6.20 Å². The summed E-state index contributed by atoms with van der Waals surface area (Å²) in [5, 5.41) is 8.35. The summed E-state index contributed by atoms with van der Waals surface area (Å²) < 4.78 is 34.1. The Morgan fingerprint density at radius 1 is 1.28 bits per heavy atom. The number of alkyl halides is 2. The molecule has 2 aromatic rings. The molecule has 13 heteroatoms. The van der Waals surface area contributed by atoms with Crippen molar-refractivity contribution in [3.63, 3.8) is 0 Å². The number of carbonyl (C=O) groups is 2. The van der Waals surface area contributed by atoms with Crippen LogP contribution in [0.3, 0.4) is 0 Å². The molecular formula is C23H22Cl2F2N3O5P. The number of nitrogens with zero attached hydrogens (tertiary/aromatic N) is 1.